The molecule has 0 bridgehead atoms. The van der Waals surface area contributed by atoms with Crippen molar-refractivity contribution in [2.75, 3.05) is 13.2 Å². The number of Topliss-reactive ketones (excluding diaryl/α,β-unsaturated/α-hetero) is 2. The van der Waals surface area contributed by atoms with Crippen molar-refractivity contribution < 1.29 is 62.6 Å². The summed E-state index contributed by atoms with van der Waals surface area (Å²) in [4.78, 5) is 160. The lowest BCUT2D eigenvalue weighted by molar-refractivity contribution is -0.157. The van der Waals surface area contributed by atoms with Gasteiger partial charge in [0.15, 0.2) is 17.5 Å². The lowest BCUT2D eigenvalue weighted by atomic mass is 9.83. The van der Waals surface area contributed by atoms with Crippen LogP contribution >= 0.6 is 0 Å². The van der Waals surface area contributed by atoms with Crippen LogP contribution in [0.2, 0.25) is 0 Å². The van der Waals surface area contributed by atoms with E-state index in [1.54, 1.807) is 41.5 Å². The first kappa shape index (κ1) is 80.6. The van der Waals surface area contributed by atoms with Crippen LogP contribution in [0.15, 0.2) is 35.3 Å². The average molecular weight is 1290 g/mol. The zero-order chi connectivity index (χ0) is 69.5. The number of amides is 8. The largest absolute Gasteiger partial charge is 0.458 e. The Morgan fingerprint density at radius 3 is 1.73 bits per heavy atom. The number of hydrogen-bond donors (Lipinski definition) is 13. The Kier molecular flexibility index (Phi) is 36.0. The van der Waals surface area contributed by atoms with Crippen molar-refractivity contribution in [3.63, 3.8) is 0 Å². The Labute approximate surface area is 544 Å². The lowest BCUT2D eigenvalue weighted by Crippen LogP contribution is -2.62. The van der Waals surface area contributed by atoms with E-state index in [0.717, 1.165) is 5.56 Å². The minimum Gasteiger partial charge on any atom is -0.458 e. The third kappa shape index (κ3) is 26.2. The number of guanidine groups is 1. The topological polar surface area (TPSA) is 428 Å². The molecule has 17 atom stereocenters. The minimum atomic E-state index is -1.77. The van der Waals surface area contributed by atoms with Crippen molar-refractivity contribution in [2.45, 2.75) is 241 Å². The number of aliphatic hydroxyl groups is 1. The third-order valence-corrected chi connectivity index (χ3v) is 18.1. The number of aliphatic hydroxyl groups excluding tert-OH is 1. The van der Waals surface area contributed by atoms with E-state index in [4.69, 9.17) is 27.3 Å². The van der Waals surface area contributed by atoms with E-state index in [9.17, 15) is 57.8 Å². The van der Waals surface area contributed by atoms with Crippen LogP contribution in [0, 0.1) is 52.8 Å². The van der Waals surface area contributed by atoms with Crippen molar-refractivity contribution in [1.82, 2.24) is 42.5 Å². The first-order chi connectivity index (χ1) is 43.4. The summed E-state index contributed by atoms with van der Waals surface area (Å²) in [6, 6.07) is -1.01. The number of aliphatic imine (C=N–C) groups is 1. The maximum atomic E-state index is 14.8. The van der Waals surface area contributed by atoms with E-state index < -0.39 is 156 Å². The predicted octanol–water partition coefficient (Wildman–Crippen LogP) is 3.02. The molecule has 0 radical (unpaired) electrons. The van der Waals surface area contributed by atoms with Crippen LogP contribution in [0.5, 0.6) is 0 Å². The van der Waals surface area contributed by atoms with Crippen LogP contribution < -0.4 is 59.7 Å². The first-order valence-electron chi connectivity index (χ1n) is 33.2. The van der Waals surface area contributed by atoms with Crippen molar-refractivity contribution in [1.29, 1.82) is 5.41 Å². The number of carbonyl (C=O) groups excluding carboxylic acids is 11. The van der Waals surface area contributed by atoms with Gasteiger partial charge in [0.1, 0.15) is 42.4 Å². The molecule has 8 amide bonds. The Hall–Kier alpha value is -7.51. The molecule has 1 aliphatic rings. The first-order valence-corrected chi connectivity index (χ1v) is 33.2. The molecule has 1 aliphatic heterocycles. The number of cyclic esters (lactones) is 1. The van der Waals surface area contributed by atoms with Crippen LogP contribution in [-0.2, 0) is 63.9 Å². The van der Waals surface area contributed by atoms with Gasteiger partial charge in [-0.3, -0.25) is 58.3 Å². The minimum absolute atomic E-state index is 0.0724. The molecular formula is C66H111N13O13. The fraction of sp³-hybridized carbons (Fsp3) is 0.712. The van der Waals surface area contributed by atoms with Gasteiger partial charge in [0.25, 0.3) is 0 Å². The van der Waals surface area contributed by atoms with Crippen molar-refractivity contribution >= 4 is 76.6 Å². The van der Waals surface area contributed by atoms with E-state index in [0.29, 0.717) is 57.8 Å². The van der Waals surface area contributed by atoms with Gasteiger partial charge < -0.3 is 69.6 Å². The molecular weight excluding hydrogens is 1180 g/mol. The molecule has 1 saturated heterocycles. The van der Waals surface area contributed by atoms with E-state index in [-0.39, 0.29) is 74.0 Å². The molecule has 0 aliphatic carbocycles. The number of nitrogens with two attached hydrogens (primary N) is 3. The number of nitrogens with zero attached hydrogens (tertiary/aromatic N) is 1. The highest BCUT2D eigenvalue weighted by molar-refractivity contribution is 5.99. The van der Waals surface area contributed by atoms with E-state index in [2.05, 4.69) is 47.5 Å². The monoisotopic (exact) mass is 1290 g/mol. The zero-order valence-electron chi connectivity index (χ0n) is 56.7. The highest BCUT2D eigenvalue weighted by Crippen LogP contribution is 2.26. The summed E-state index contributed by atoms with van der Waals surface area (Å²) in [5.41, 5.74) is 17.9. The Balaban J connectivity index is 2.53. The number of esters is 1. The second kappa shape index (κ2) is 41.2. The maximum Gasteiger partial charge on any atom is 0.329 e. The summed E-state index contributed by atoms with van der Waals surface area (Å²) >= 11 is 0. The molecule has 0 aromatic heterocycles. The van der Waals surface area contributed by atoms with E-state index in [1.165, 1.54) is 13.8 Å². The van der Waals surface area contributed by atoms with E-state index in [1.807, 2.05) is 65.0 Å². The number of unbranched alkanes of at least 4 members (excludes halogenated alkanes) is 1. The molecule has 1 heterocycles. The normalized spacial score (nSPS) is 21.1. The molecule has 1 aromatic rings. The van der Waals surface area contributed by atoms with Gasteiger partial charge in [0, 0.05) is 43.6 Å². The Morgan fingerprint density at radius 2 is 1.16 bits per heavy atom. The van der Waals surface area contributed by atoms with Crippen LogP contribution in [0.3, 0.4) is 0 Å². The molecule has 16 N–H and O–H groups in total. The summed E-state index contributed by atoms with van der Waals surface area (Å²) in [6.45, 7) is 21.5. The van der Waals surface area contributed by atoms with Gasteiger partial charge in [-0.1, -0.05) is 145 Å². The smallest absolute Gasteiger partial charge is 0.329 e. The molecule has 1 fully saturated rings. The maximum absolute atomic E-state index is 14.8. The van der Waals surface area contributed by atoms with E-state index >= 15 is 0 Å². The summed E-state index contributed by atoms with van der Waals surface area (Å²) < 4.78 is 5.76. The van der Waals surface area contributed by atoms with Gasteiger partial charge in [-0.2, -0.15) is 0 Å². The van der Waals surface area contributed by atoms with Gasteiger partial charge in [-0.15, -0.1) is 0 Å². The number of benzene rings is 1. The molecule has 1 aromatic carbocycles. The van der Waals surface area contributed by atoms with Gasteiger partial charge >= 0.3 is 5.97 Å². The van der Waals surface area contributed by atoms with Crippen LogP contribution in [-0.4, -0.2) is 149 Å². The van der Waals surface area contributed by atoms with Gasteiger partial charge in [-0.05, 0) is 87.5 Å². The van der Waals surface area contributed by atoms with Gasteiger partial charge in [-0.25, -0.2) is 4.79 Å². The number of carbonyl (C=O) groups is 11. The summed E-state index contributed by atoms with van der Waals surface area (Å²) in [7, 11) is 0. The van der Waals surface area contributed by atoms with Gasteiger partial charge in [0.2, 0.25) is 47.3 Å². The molecule has 0 spiro atoms. The lowest BCUT2D eigenvalue weighted by Gasteiger charge is -2.31. The standard InChI is InChI=1S/C66H111N13O13/c1-14-36(7)46(34-49(81)47(29-23-24-30-51(67)68)73-59(85)45(28-25-31-71-66(69)70)33-50(82)52(37(8)15-2)75-58(84)44(19-6)32-43-26-21-20-22-27-43)60(86)77-53(38(9)16-3)62(88)74-48(35-80)61(87)79-56-42(13)92-65(91)55(40(11)18-5)78-63(89)54(39(10)17-4)76-57(83)41(12)72-64(56)90/h20-22,26-27,36-42,44-48,52-56,80H,14-19,23-25,28-35H2,1-13H3,(H3,67,68)(H,72,90)(H,73,85)(H,74,88)(H,75,84)(H,76,83)(H,77,86)(H,78,89)(H,79,87)(H4,69,70,71)/t36-,37+,38+,39?,40+,41+,42+,44-,45-,46-,47-,48+,52+,53+,54+,55+,56-/m1/s1. The second-order valence-corrected chi connectivity index (χ2v) is 25.2. The highest BCUT2D eigenvalue weighted by atomic mass is 16.5. The molecule has 26 heteroatoms. The third-order valence-electron chi connectivity index (χ3n) is 18.1. The number of ether oxygens (including phenoxy) is 1. The number of rotatable bonds is 39. The van der Waals surface area contributed by atoms with Crippen LogP contribution in [0.1, 0.15) is 185 Å². The number of nitrogens with one attached hydrogen (secondary N) is 9. The number of hydrogen-bond acceptors (Lipinski definition) is 15. The van der Waals surface area contributed by atoms with Crippen LogP contribution in [0.25, 0.3) is 0 Å². The van der Waals surface area contributed by atoms with Crippen molar-refractivity contribution in [3.8, 4) is 0 Å². The quantitative estimate of drug-likeness (QED) is 0.0195. The summed E-state index contributed by atoms with van der Waals surface area (Å²) in [5, 5.41) is 40.0. The molecule has 1 unspecified atom stereocenters. The fourth-order valence-corrected chi connectivity index (χ4v) is 10.7. The van der Waals surface area contributed by atoms with Gasteiger partial charge in [0.05, 0.1) is 24.5 Å². The highest BCUT2D eigenvalue weighted by Gasteiger charge is 2.41. The molecule has 2 rings (SSSR count). The number of ketones is 2. The van der Waals surface area contributed by atoms with Crippen LogP contribution in [0.4, 0.5) is 0 Å². The predicted molar refractivity (Wildman–Crippen MR) is 351 cm³/mol. The zero-order valence-corrected chi connectivity index (χ0v) is 56.7. The summed E-state index contributed by atoms with van der Waals surface area (Å²) in [6.07, 6.45) is 2.34. The summed E-state index contributed by atoms with van der Waals surface area (Å²) in [5.74, 6) is -12.8. The molecule has 0 saturated carbocycles. The molecule has 92 heavy (non-hydrogen) atoms. The van der Waals surface area contributed by atoms with Crippen molar-refractivity contribution in [2.24, 2.45) is 69.5 Å². The Morgan fingerprint density at radius 1 is 0.598 bits per heavy atom. The van der Waals surface area contributed by atoms with Crippen molar-refractivity contribution in [3.05, 3.63) is 35.9 Å². The molecule has 26 nitrogen and oxygen atoms in total. The second-order valence-electron chi connectivity index (χ2n) is 25.2. The molecule has 518 valence electrons. The Bertz CT molecular complexity index is 2640. The average Bonchev–Trinajstić information content (AvgIpc) is 1.38. The SMILES string of the molecule is CCC(C)[C@@H]1NC(=O)[C@H](C)NC(=O)[C@H](NC(=O)[C@H](CO)NC(=O)[C@@H](NC(=O)[C@H](CC(=O)[C@@H](CCCCC(=N)N)NC(=O)[C@H](CCCN=C(N)N)CC(=O)[C@@H](NC(=O)[C@H](CC)Cc2ccccc2)[C@@H](C)CC)[C@H](C)CC)[C@@H](C)CC)[C@H](C)OC(=O)[C@H]([C@@H](C)CC)NC1=O. The fourth-order valence-electron chi connectivity index (χ4n) is 10.7. The number of amidine groups is 1.